The predicted octanol–water partition coefficient (Wildman–Crippen LogP) is 3.34. The van der Waals surface area contributed by atoms with E-state index in [0.717, 1.165) is 6.21 Å². The maximum absolute atomic E-state index is 13.4. The fourth-order valence-corrected chi connectivity index (χ4v) is 1.82. The van der Waals surface area contributed by atoms with Crippen LogP contribution in [0, 0.1) is 15.9 Å². The number of non-ortho nitro benzene ring substituents is 1. The van der Waals surface area contributed by atoms with Crippen molar-refractivity contribution in [1.29, 1.82) is 0 Å². The largest absolute Gasteiger partial charge is 0.482 e. The molecule has 0 aliphatic carbocycles. The van der Waals surface area contributed by atoms with Crippen molar-refractivity contribution in [1.82, 2.24) is 0 Å². The minimum absolute atomic E-state index is 0.0109. The van der Waals surface area contributed by atoms with Crippen LogP contribution in [0.4, 0.5) is 10.1 Å². The van der Waals surface area contributed by atoms with Crippen LogP contribution in [0.2, 0.25) is 5.02 Å². The van der Waals surface area contributed by atoms with Gasteiger partial charge in [0.2, 0.25) is 0 Å². The summed E-state index contributed by atoms with van der Waals surface area (Å²) in [5.74, 6) is -1.19. The second-order valence-electron chi connectivity index (χ2n) is 4.37. The van der Waals surface area contributed by atoms with Crippen LogP contribution >= 0.6 is 11.6 Å². The highest BCUT2D eigenvalue weighted by Crippen LogP contribution is 2.18. The van der Waals surface area contributed by atoms with E-state index in [-0.39, 0.29) is 22.0 Å². The quantitative estimate of drug-likeness (QED) is 0.344. The lowest BCUT2D eigenvalue weighted by Gasteiger charge is -2.03. The van der Waals surface area contributed by atoms with Gasteiger partial charge < -0.3 is 9.57 Å². The molecule has 9 heteroatoms. The van der Waals surface area contributed by atoms with Gasteiger partial charge in [0.25, 0.3) is 5.69 Å². The Morgan fingerprint density at radius 2 is 2.00 bits per heavy atom. The van der Waals surface area contributed by atoms with Gasteiger partial charge in [-0.15, -0.1) is 0 Å². The van der Waals surface area contributed by atoms with Crippen molar-refractivity contribution in [2.75, 3.05) is 6.61 Å². The Labute approximate surface area is 140 Å². The number of carbonyl (C=O) groups is 1. The molecule has 0 spiro atoms. The Morgan fingerprint density at radius 1 is 1.29 bits per heavy atom. The molecule has 124 valence electrons. The number of nitro benzene ring substituents is 1. The van der Waals surface area contributed by atoms with Crippen LogP contribution in [-0.2, 0) is 9.63 Å². The van der Waals surface area contributed by atoms with Gasteiger partial charge in [-0.25, -0.2) is 9.18 Å². The molecule has 0 radical (unpaired) electrons. The second-order valence-corrected chi connectivity index (χ2v) is 4.78. The molecule has 0 unspecified atom stereocenters. The Balaban J connectivity index is 1.85. The first kappa shape index (κ1) is 17.4. The summed E-state index contributed by atoms with van der Waals surface area (Å²) < 4.78 is 18.5. The van der Waals surface area contributed by atoms with Gasteiger partial charge in [0.1, 0.15) is 11.6 Å². The number of hydrogen-bond acceptors (Lipinski definition) is 6. The Bertz CT molecular complexity index is 760. The molecule has 0 aliphatic rings. The molecule has 7 nitrogen and oxygen atoms in total. The molecule has 0 amide bonds. The highest BCUT2D eigenvalue weighted by atomic mass is 35.5. The molecule has 0 atom stereocenters. The van der Waals surface area contributed by atoms with Crippen molar-refractivity contribution in [3.05, 3.63) is 69.0 Å². The number of nitro groups is 1. The van der Waals surface area contributed by atoms with Crippen LogP contribution in [0.1, 0.15) is 5.56 Å². The second kappa shape index (κ2) is 8.02. The summed E-state index contributed by atoms with van der Waals surface area (Å²) >= 11 is 5.78. The summed E-state index contributed by atoms with van der Waals surface area (Å²) in [7, 11) is 0. The molecule has 0 aromatic heterocycles. The molecule has 0 saturated heterocycles. The maximum atomic E-state index is 13.4. The van der Waals surface area contributed by atoms with Gasteiger partial charge in [-0.3, -0.25) is 10.1 Å². The van der Waals surface area contributed by atoms with E-state index in [1.54, 1.807) is 0 Å². The van der Waals surface area contributed by atoms with E-state index in [1.807, 2.05) is 0 Å². The number of carbonyl (C=O) groups excluding carboxylic acids is 1. The lowest BCUT2D eigenvalue weighted by Crippen LogP contribution is -2.12. The van der Waals surface area contributed by atoms with Crippen molar-refractivity contribution >= 4 is 29.5 Å². The van der Waals surface area contributed by atoms with Crippen LogP contribution in [0.5, 0.6) is 5.75 Å². The molecule has 0 aliphatic heterocycles. The van der Waals surface area contributed by atoms with Crippen LogP contribution in [-0.4, -0.2) is 23.7 Å². The third-order valence-corrected chi connectivity index (χ3v) is 3.07. The van der Waals surface area contributed by atoms with E-state index in [1.165, 1.54) is 42.5 Å². The normalized spacial score (nSPS) is 10.6. The zero-order valence-corrected chi connectivity index (χ0v) is 12.8. The van der Waals surface area contributed by atoms with Crippen LogP contribution in [0.25, 0.3) is 0 Å². The Morgan fingerprint density at radius 3 is 2.62 bits per heavy atom. The average Bonchev–Trinajstić information content (AvgIpc) is 2.56. The Hall–Kier alpha value is -3.00. The van der Waals surface area contributed by atoms with E-state index in [9.17, 15) is 19.3 Å². The molecule has 2 aromatic carbocycles. The highest BCUT2D eigenvalue weighted by molar-refractivity contribution is 6.33. The molecular formula is C15H10ClFN2O5. The molecule has 24 heavy (non-hydrogen) atoms. The van der Waals surface area contributed by atoms with Gasteiger partial charge in [-0.2, -0.15) is 0 Å². The van der Waals surface area contributed by atoms with Gasteiger partial charge in [0.05, 0.1) is 21.7 Å². The monoisotopic (exact) mass is 352 g/mol. The summed E-state index contributed by atoms with van der Waals surface area (Å²) in [5, 5.41) is 14.0. The number of ether oxygens (including phenoxy) is 1. The molecular weight excluding hydrogens is 343 g/mol. The lowest BCUT2D eigenvalue weighted by atomic mass is 10.2. The van der Waals surface area contributed by atoms with E-state index in [2.05, 4.69) is 9.99 Å². The first-order chi connectivity index (χ1) is 11.5. The van der Waals surface area contributed by atoms with Gasteiger partial charge >= 0.3 is 5.97 Å². The van der Waals surface area contributed by atoms with Gasteiger partial charge in [-0.1, -0.05) is 22.8 Å². The number of nitrogens with zero attached hydrogens (tertiary/aromatic N) is 2. The zero-order valence-electron chi connectivity index (χ0n) is 12.0. The SMILES string of the molecule is O=C(COc1ccc([N+](=O)[O-])cc1)O/N=C\c1c(F)cccc1Cl. The fraction of sp³-hybridized carbons (Fsp3) is 0.0667. The molecule has 0 fully saturated rings. The van der Waals surface area contributed by atoms with E-state index in [4.69, 9.17) is 16.3 Å². The van der Waals surface area contributed by atoms with Crippen LogP contribution in [0.3, 0.4) is 0 Å². The third-order valence-electron chi connectivity index (χ3n) is 2.74. The molecule has 0 bridgehead atoms. The van der Waals surface area contributed by atoms with Gasteiger partial charge in [-0.05, 0) is 24.3 Å². The van der Waals surface area contributed by atoms with E-state index in [0.29, 0.717) is 0 Å². The lowest BCUT2D eigenvalue weighted by molar-refractivity contribution is -0.384. The van der Waals surface area contributed by atoms with E-state index >= 15 is 0 Å². The fourth-order valence-electron chi connectivity index (χ4n) is 1.60. The van der Waals surface area contributed by atoms with E-state index < -0.39 is 23.3 Å². The third kappa shape index (κ3) is 4.75. The molecule has 0 heterocycles. The van der Waals surface area contributed by atoms with Gasteiger partial charge in [0, 0.05) is 12.1 Å². The topological polar surface area (TPSA) is 91.0 Å². The molecule has 2 rings (SSSR count). The minimum atomic E-state index is -0.836. The minimum Gasteiger partial charge on any atom is -0.482 e. The predicted molar refractivity (Wildman–Crippen MR) is 83.7 cm³/mol. The summed E-state index contributed by atoms with van der Waals surface area (Å²) in [5.41, 5.74) is -0.112. The van der Waals surface area contributed by atoms with Crippen molar-refractivity contribution in [2.45, 2.75) is 0 Å². The zero-order chi connectivity index (χ0) is 17.5. The standard InChI is InChI=1S/C15H10ClFN2O5/c16-13-2-1-3-14(17)12(13)8-18-24-15(20)9-23-11-6-4-10(5-7-11)19(21)22/h1-8H,9H2/b18-8-. The number of rotatable bonds is 6. The summed E-state index contributed by atoms with van der Waals surface area (Å²) in [6.45, 7) is -0.472. The number of hydrogen-bond donors (Lipinski definition) is 0. The van der Waals surface area contributed by atoms with Crippen molar-refractivity contribution in [3.8, 4) is 5.75 Å². The average molecular weight is 353 g/mol. The summed E-state index contributed by atoms with van der Waals surface area (Å²) in [4.78, 5) is 25.9. The van der Waals surface area contributed by atoms with Gasteiger partial charge in [0.15, 0.2) is 6.61 Å². The van der Waals surface area contributed by atoms with Crippen molar-refractivity contribution in [3.63, 3.8) is 0 Å². The smallest absolute Gasteiger partial charge is 0.372 e. The Kier molecular flexibility index (Phi) is 5.80. The number of benzene rings is 2. The molecule has 2 aromatic rings. The van der Waals surface area contributed by atoms with Crippen LogP contribution in [0.15, 0.2) is 47.6 Å². The first-order valence-corrected chi connectivity index (χ1v) is 6.89. The maximum Gasteiger partial charge on any atom is 0.372 e. The first-order valence-electron chi connectivity index (χ1n) is 6.52. The molecule has 0 saturated carbocycles. The van der Waals surface area contributed by atoms with Crippen LogP contribution < -0.4 is 4.74 Å². The summed E-state index contributed by atoms with van der Waals surface area (Å²) in [6, 6.07) is 9.23. The number of halogens is 2. The van der Waals surface area contributed by atoms with Crippen molar-refractivity contribution < 1.29 is 23.7 Å². The van der Waals surface area contributed by atoms with Crippen molar-refractivity contribution in [2.24, 2.45) is 5.16 Å². The summed E-state index contributed by atoms with van der Waals surface area (Å²) in [6.07, 6.45) is 0.974. The number of oxime groups is 1. The highest BCUT2D eigenvalue weighted by Gasteiger charge is 2.08. The molecule has 0 N–H and O–H groups in total.